The average molecular weight is 308 g/mol. The maximum atomic E-state index is 12.0. The molecule has 2 aromatic heterocycles. The lowest BCUT2D eigenvalue weighted by atomic mass is 10.2. The summed E-state index contributed by atoms with van der Waals surface area (Å²) >= 11 is 0. The Labute approximate surface area is 124 Å². The van der Waals surface area contributed by atoms with E-state index in [4.69, 9.17) is 14.3 Å². The molecule has 0 aromatic carbocycles. The van der Waals surface area contributed by atoms with E-state index in [2.05, 4.69) is 4.98 Å². The summed E-state index contributed by atoms with van der Waals surface area (Å²) in [5.41, 5.74) is -1.01. The van der Waals surface area contributed by atoms with Gasteiger partial charge in [-0.3, -0.25) is 14.3 Å². The zero-order valence-corrected chi connectivity index (χ0v) is 11.9. The van der Waals surface area contributed by atoms with E-state index in [1.807, 2.05) is 0 Å². The van der Waals surface area contributed by atoms with Crippen molar-refractivity contribution in [2.45, 2.75) is 31.8 Å². The highest BCUT2D eigenvalue weighted by atomic mass is 16.5. The number of aromatic nitrogens is 2. The summed E-state index contributed by atoms with van der Waals surface area (Å²) < 4.78 is 12.0. The Morgan fingerprint density at radius 1 is 1.41 bits per heavy atom. The Kier molecular flexibility index (Phi) is 3.73. The molecule has 0 bridgehead atoms. The van der Waals surface area contributed by atoms with Crippen LogP contribution >= 0.6 is 0 Å². The first kappa shape index (κ1) is 14.8. The standard InChI is InChI=1S/C14H16N2O6/c1-7-2-3-10(21-7)8-5-16(14(20)15-13(8)19)12-4-9(18)11(6-17)22-12/h2-3,5,9,11-12,17-18H,4,6H2,1H3,(H,15,19,20)/t9-,11-,12-/m0/s1. The van der Waals surface area contributed by atoms with Gasteiger partial charge >= 0.3 is 5.69 Å². The Balaban J connectivity index is 2.03. The second-order valence-electron chi connectivity index (χ2n) is 5.23. The predicted molar refractivity (Wildman–Crippen MR) is 75.4 cm³/mol. The van der Waals surface area contributed by atoms with Gasteiger partial charge < -0.3 is 19.4 Å². The van der Waals surface area contributed by atoms with Crippen LogP contribution in [0.25, 0.3) is 11.3 Å². The van der Waals surface area contributed by atoms with Crippen LogP contribution in [0.5, 0.6) is 0 Å². The average Bonchev–Trinajstić information content (AvgIpc) is 3.05. The van der Waals surface area contributed by atoms with E-state index in [-0.39, 0.29) is 18.6 Å². The Bertz CT molecular complexity index is 789. The third-order valence-corrected chi connectivity index (χ3v) is 3.67. The lowest BCUT2D eigenvalue weighted by molar-refractivity contribution is -0.0458. The summed E-state index contributed by atoms with van der Waals surface area (Å²) in [6, 6.07) is 3.34. The number of aromatic amines is 1. The number of rotatable bonds is 3. The molecule has 22 heavy (non-hydrogen) atoms. The first-order valence-corrected chi connectivity index (χ1v) is 6.86. The molecule has 3 N–H and O–H groups in total. The third kappa shape index (κ3) is 2.52. The molecule has 0 radical (unpaired) electrons. The summed E-state index contributed by atoms with van der Waals surface area (Å²) in [5, 5.41) is 18.9. The lowest BCUT2D eigenvalue weighted by Crippen LogP contribution is -2.33. The highest BCUT2D eigenvalue weighted by molar-refractivity contribution is 5.54. The molecule has 8 heteroatoms. The molecule has 0 amide bonds. The fourth-order valence-corrected chi connectivity index (χ4v) is 2.50. The van der Waals surface area contributed by atoms with Gasteiger partial charge in [0.1, 0.15) is 23.9 Å². The third-order valence-electron chi connectivity index (χ3n) is 3.67. The molecular formula is C14H16N2O6. The summed E-state index contributed by atoms with van der Waals surface area (Å²) in [5.74, 6) is 0.977. The smallest absolute Gasteiger partial charge is 0.330 e. The van der Waals surface area contributed by atoms with Gasteiger partial charge in [-0.1, -0.05) is 0 Å². The van der Waals surface area contributed by atoms with E-state index in [1.165, 1.54) is 10.8 Å². The second-order valence-corrected chi connectivity index (χ2v) is 5.23. The summed E-state index contributed by atoms with van der Waals surface area (Å²) in [6.45, 7) is 1.40. The maximum Gasteiger partial charge on any atom is 0.330 e. The first-order chi connectivity index (χ1) is 10.5. The van der Waals surface area contributed by atoms with Crippen molar-refractivity contribution in [3.05, 3.63) is 44.9 Å². The van der Waals surface area contributed by atoms with E-state index in [0.29, 0.717) is 11.5 Å². The molecule has 0 unspecified atom stereocenters. The topological polar surface area (TPSA) is 118 Å². The number of aliphatic hydroxyl groups is 2. The SMILES string of the molecule is Cc1ccc(-c2cn([C@@H]3C[C@H](O)[C@H](CO)O3)c(=O)[nH]c2=O)o1. The molecule has 3 rings (SSSR count). The van der Waals surface area contributed by atoms with Gasteiger partial charge in [-0.25, -0.2) is 4.79 Å². The van der Waals surface area contributed by atoms with Gasteiger partial charge in [-0.2, -0.15) is 0 Å². The van der Waals surface area contributed by atoms with E-state index in [9.17, 15) is 14.7 Å². The van der Waals surface area contributed by atoms with Gasteiger partial charge in [0.15, 0.2) is 0 Å². The van der Waals surface area contributed by atoms with Crippen molar-refractivity contribution < 1.29 is 19.4 Å². The molecule has 1 fully saturated rings. The highest BCUT2D eigenvalue weighted by Crippen LogP contribution is 2.28. The number of nitrogens with one attached hydrogen (secondary N) is 1. The van der Waals surface area contributed by atoms with E-state index in [0.717, 1.165) is 0 Å². The molecule has 8 nitrogen and oxygen atoms in total. The molecule has 1 aliphatic heterocycles. The number of ether oxygens (including phenoxy) is 1. The number of aryl methyl sites for hydroxylation is 1. The van der Waals surface area contributed by atoms with E-state index >= 15 is 0 Å². The normalized spacial score (nSPS) is 24.8. The van der Waals surface area contributed by atoms with Crippen LogP contribution in [0.3, 0.4) is 0 Å². The predicted octanol–water partition coefficient (Wildman–Crippen LogP) is -0.254. The summed E-state index contributed by atoms with van der Waals surface area (Å²) in [7, 11) is 0. The van der Waals surface area contributed by atoms with Crippen molar-refractivity contribution in [3.63, 3.8) is 0 Å². The zero-order chi connectivity index (χ0) is 15.9. The molecule has 1 saturated heterocycles. The monoisotopic (exact) mass is 308 g/mol. The summed E-state index contributed by atoms with van der Waals surface area (Å²) in [4.78, 5) is 26.1. The molecule has 0 aliphatic carbocycles. The fraction of sp³-hybridized carbons (Fsp3) is 0.429. The van der Waals surface area contributed by atoms with Crippen LogP contribution in [-0.2, 0) is 4.74 Å². The van der Waals surface area contributed by atoms with Crippen molar-refractivity contribution in [2.75, 3.05) is 6.61 Å². The van der Waals surface area contributed by atoms with Gasteiger partial charge in [0.05, 0.1) is 18.3 Å². The molecule has 2 aromatic rings. The highest BCUT2D eigenvalue weighted by Gasteiger charge is 2.35. The van der Waals surface area contributed by atoms with Crippen molar-refractivity contribution in [1.29, 1.82) is 0 Å². The van der Waals surface area contributed by atoms with Gasteiger partial charge in [0.2, 0.25) is 0 Å². The zero-order valence-electron chi connectivity index (χ0n) is 11.9. The number of hydrogen-bond acceptors (Lipinski definition) is 6. The Morgan fingerprint density at radius 2 is 2.18 bits per heavy atom. The van der Waals surface area contributed by atoms with Crippen LogP contribution < -0.4 is 11.2 Å². The minimum absolute atomic E-state index is 0.147. The van der Waals surface area contributed by atoms with Crippen LogP contribution in [0.1, 0.15) is 18.4 Å². The van der Waals surface area contributed by atoms with Crippen molar-refractivity contribution >= 4 is 0 Å². The molecular weight excluding hydrogens is 292 g/mol. The van der Waals surface area contributed by atoms with Gasteiger partial charge in [0, 0.05) is 12.6 Å². The minimum atomic E-state index is -0.872. The van der Waals surface area contributed by atoms with Crippen molar-refractivity contribution in [3.8, 4) is 11.3 Å². The van der Waals surface area contributed by atoms with E-state index in [1.54, 1.807) is 19.1 Å². The molecule has 1 aliphatic rings. The number of hydrogen-bond donors (Lipinski definition) is 3. The van der Waals surface area contributed by atoms with Crippen LogP contribution in [0.15, 0.2) is 32.3 Å². The molecule has 0 spiro atoms. The van der Waals surface area contributed by atoms with Crippen molar-refractivity contribution in [1.82, 2.24) is 9.55 Å². The number of aliphatic hydroxyl groups excluding tert-OH is 2. The van der Waals surface area contributed by atoms with Crippen LogP contribution in [0.4, 0.5) is 0 Å². The quantitative estimate of drug-likeness (QED) is 0.719. The maximum absolute atomic E-state index is 12.0. The largest absolute Gasteiger partial charge is 0.461 e. The van der Waals surface area contributed by atoms with E-state index < -0.39 is 29.7 Å². The first-order valence-electron chi connectivity index (χ1n) is 6.86. The van der Waals surface area contributed by atoms with Crippen LogP contribution in [0, 0.1) is 6.92 Å². The molecule has 118 valence electrons. The van der Waals surface area contributed by atoms with Crippen LogP contribution in [-0.4, -0.2) is 38.6 Å². The Morgan fingerprint density at radius 3 is 2.77 bits per heavy atom. The summed E-state index contributed by atoms with van der Waals surface area (Å²) in [6.07, 6.45) is -0.891. The van der Waals surface area contributed by atoms with Gasteiger partial charge in [-0.15, -0.1) is 0 Å². The van der Waals surface area contributed by atoms with Gasteiger partial charge in [-0.05, 0) is 19.1 Å². The fourth-order valence-electron chi connectivity index (χ4n) is 2.50. The molecule has 3 atom stereocenters. The number of furan rings is 1. The Hall–Kier alpha value is -2.16. The van der Waals surface area contributed by atoms with Crippen molar-refractivity contribution in [2.24, 2.45) is 0 Å². The van der Waals surface area contributed by atoms with Crippen LogP contribution in [0.2, 0.25) is 0 Å². The number of H-pyrrole nitrogens is 1. The second kappa shape index (κ2) is 5.56. The van der Waals surface area contributed by atoms with Gasteiger partial charge in [0.25, 0.3) is 5.56 Å². The minimum Gasteiger partial charge on any atom is -0.461 e. The molecule has 3 heterocycles. The lowest BCUT2D eigenvalue weighted by Gasteiger charge is -2.14. The number of nitrogens with zero attached hydrogens (tertiary/aromatic N) is 1. The molecule has 0 saturated carbocycles.